The molecule has 1 aliphatic heterocycles. The predicted molar refractivity (Wildman–Crippen MR) is 192 cm³/mol. The summed E-state index contributed by atoms with van der Waals surface area (Å²) in [6.07, 6.45) is 9.62. The molecule has 2 atom stereocenters. The summed E-state index contributed by atoms with van der Waals surface area (Å²) in [7, 11) is 1.67. The Bertz CT molecular complexity index is 2100. The second-order valence-corrected chi connectivity index (χ2v) is 14.5. The molecule has 1 N–H and O–H groups in total. The van der Waals surface area contributed by atoms with E-state index in [9.17, 15) is 9.59 Å². The lowest BCUT2D eigenvalue weighted by Crippen LogP contribution is -2.23. The molecule has 3 aliphatic rings. The van der Waals surface area contributed by atoms with Crippen molar-refractivity contribution < 1.29 is 23.8 Å². The van der Waals surface area contributed by atoms with Crippen molar-refractivity contribution in [1.82, 2.24) is 19.9 Å². The third-order valence-electron chi connectivity index (χ3n) is 9.09. The van der Waals surface area contributed by atoms with Gasteiger partial charge in [-0.1, -0.05) is 11.6 Å². The minimum absolute atomic E-state index is 0.0350. The number of halogens is 1. The van der Waals surface area contributed by atoms with Gasteiger partial charge in [0.1, 0.15) is 39.0 Å². The third kappa shape index (κ3) is 6.59. The number of carbonyl (C=O) groups is 2. The Morgan fingerprint density at radius 1 is 0.878 bits per heavy atom. The molecule has 5 aromatic rings. The number of carbonyl (C=O) groups excluding carboxylic acids is 2. The molecule has 4 aromatic heterocycles. The van der Waals surface area contributed by atoms with Crippen LogP contribution in [0.15, 0.2) is 29.8 Å². The Balaban J connectivity index is 0.000000171. The largest absolute Gasteiger partial charge is 0.495 e. The van der Waals surface area contributed by atoms with E-state index in [0.717, 1.165) is 80.9 Å². The van der Waals surface area contributed by atoms with E-state index in [1.807, 2.05) is 32.2 Å². The number of aryl methyl sites for hydroxylation is 2. The van der Waals surface area contributed by atoms with Crippen LogP contribution in [0.3, 0.4) is 0 Å². The van der Waals surface area contributed by atoms with E-state index in [2.05, 4.69) is 30.2 Å². The Morgan fingerprint density at radius 3 is 2.12 bits per heavy atom. The van der Waals surface area contributed by atoms with E-state index in [1.165, 1.54) is 27.2 Å². The van der Waals surface area contributed by atoms with Gasteiger partial charge in [0.2, 0.25) is 0 Å². The van der Waals surface area contributed by atoms with Crippen molar-refractivity contribution in [2.24, 2.45) is 16.8 Å². The van der Waals surface area contributed by atoms with Gasteiger partial charge in [-0.2, -0.15) is 0 Å². The highest BCUT2D eigenvalue weighted by Crippen LogP contribution is 2.42. The van der Waals surface area contributed by atoms with Gasteiger partial charge in [0, 0.05) is 16.0 Å². The van der Waals surface area contributed by atoms with Gasteiger partial charge in [-0.25, -0.2) is 19.9 Å². The number of hydrogen-bond donors (Lipinski definition) is 1. The molecular formula is C35H35ClN6O5S2. The molecule has 0 radical (unpaired) electrons. The number of methoxy groups -OCH3 is 1. The van der Waals surface area contributed by atoms with Gasteiger partial charge in [-0.15, -0.1) is 22.7 Å². The molecule has 0 amide bonds. The van der Waals surface area contributed by atoms with Gasteiger partial charge in [-0.3, -0.25) is 14.6 Å². The highest BCUT2D eigenvalue weighted by Gasteiger charge is 2.31. The molecule has 254 valence electrons. The van der Waals surface area contributed by atoms with Crippen LogP contribution in [0.4, 0.5) is 11.5 Å². The maximum Gasteiger partial charge on any atom is 0.309 e. The SMILES string of the molecule is CCOC(=O)[C@H]1CCc2c(sc3ncnc(Cl)c23)C1.CCOC(=O)[C@H]1CCc2c(sc3ncnc(Nc4cc5c(cc4OC)CN=C5)c23)C1. The van der Waals surface area contributed by atoms with Crippen molar-refractivity contribution in [2.75, 3.05) is 25.6 Å². The fourth-order valence-corrected chi connectivity index (χ4v) is 9.57. The van der Waals surface area contributed by atoms with E-state index in [0.29, 0.717) is 31.3 Å². The molecule has 2 aliphatic carbocycles. The van der Waals surface area contributed by atoms with Crippen molar-refractivity contribution in [3.63, 3.8) is 0 Å². The number of benzene rings is 1. The van der Waals surface area contributed by atoms with Crippen LogP contribution in [0.25, 0.3) is 20.4 Å². The van der Waals surface area contributed by atoms with E-state index in [1.54, 1.807) is 36.1 Å². The summed E-state index contributed by atoms with van der Waals surface area (Å²) in [6, 6.07) is 4.07. The molecule has 0 saturated carbocycles. The number of aromatic nitrogens is 4. The molecule has 0 unspecified atom stereocenters. The normalized spacial score (nSPS) is 17.5. The van der Waals surface area contributed by atoms with Crippen molar-refractivity contribution >= 4 is 84.4 Å². The average Bonchev–Trinajstić information content (AvgIpc) is 3.83. The standard InChI is InChI=1S/C22H22N4O3S.C13H13ClN2O2S/c1-3-29-22(27)12-4-5-15-18(8-12)30-21-19(15)20(24-11-25-21)26-16-6-13-9-23-10-14(13)7-17(16)28-2;1-2-18-13(17)7-3-4-8-9(5-7)19-12-10(8)11(14)15-6-16-12/h6-7,9,11-12H,3-5,8,10H2,1-2H3,(H,24,25,26);6-7H,2-5H2,1H3/t12-;7-/m00/s1. The number of ether oxygens (including phenoxy) is 3. The summed E-state index contributed by atoms with van der Waals surface area (Å²) in [5.41, 5.74) is 5.55. The summed E-state index contributed by atoms with van der Waals surface area (Å²) in [6.45, 7) is 5.22. The maximum absolute atomic E-state index is 12.2. The second-order valence-electron chi connectivity index (χ2n) is 12.0. The zero-order valence-electron chi connectivity index (χ0n) is 27.4. The molecule has 5 heterocycles. The zero-order valence-corrected chi connectivity index (χ0v) is 29.8. The number of nitrogens with zero attached hydrogens (tertiary/aromatic N) is 5. The molecule has 8 rings (SSSR count). The van der Waals surface area contributed by atoms with Gasteiger partial charge in [0.15, 0.2) is 0 Å². The monoisotopic (exact) mass is 718 g/mol. The fraction of sp³-hybridized carbons (Fsp3) is 0.400. The molecule has 0 fully saturated rings. The van der Waals surface area contributed by atoms with Crippen LogP contribution >= 0.6 is 34.3 Å². The van der Waals surface area contributed by atoms with Gasteiger partial charge >= 0.3 is 11.9 Å². The van der Waals surface area contributed by atoms with Crippen molar-refractivity contribution in [3.8, 4) is 5.75 Å². The number of nitrogens with one attached hydrogen (secondary N) is 1. The number of hydrogen-bond acceptors (Lipinski definition) is 13. The van der Waals surface area contributed by atoms with Crippen LogP contribution in [0.2, 0.25) is 5.15 Å². The first kappa shape index (κ1) is 33.3. The molecule has 14 heteroatoms. The first-order valence-corrected chi connectivity index (χ1v) is 18.4. The lowest BCUT2D eigenvalue weighted by molar-refractivity contribution is -0.149. The van der Waals surface area contributed by atoms with E-state index >= 15 is 0 Å². The van der Waals surface area contributed by atoms with E-state index in [4.69, 9.17) is 25.8 Å². The van der Waals surface area contributed by atoms with Crippen LogP contribution in [0, 0.1) is 11.8 Å². The molecule has 0 spiro atoms. The van der Waals surface area contributed by atoms with E-state index < -0.39 is 0 Å². The first-order chi connectivity index (χ1) is 23.9. The minimum Gasteiger partial charge on any atom is -0.495 e. The van der Waals surface area contributed by atoms with Gasteiger partial charge in [0.05, 0.1) is 55.2 Å². The average molecular weight is 719 g/mol. The molecule has 49 heavy (non-hydrogen) atoms. The van der Waals surface area contributed by atoms with Gasteiger partial charge < -0.3 is 19.5 Å². The van der Waals surface area contributed by atoms with Crippen LogP contribution in [0.1, 0.15) is 58.7 Å². The number of fused-ring (bicyclic) bond motifs is 7. The minimum atomic E-state index is -0.102. The third-order valence-corrected chi connectivity index (χ3v) is 11.7. The van der Waals surface area contributed by atoms with Crippen LogP contribution in [0.5, 0.6) is 5.75 Å². The van der Waals surface area contributed by atoms with Crippen molar-refractivity contribution in [3.05, 3.63) is 61.9 Å². The van der Waals surface area contributed by atoms with Gasteiger partial charge in [0.25, 0.3) is 0 Å². The first-order valence-electron chi connectivity index (χ1n) is 16.3. The second kappa shape index (κ2) is 14.3. The number of rotatable bonds is 7. The number of esters is 2. The highest BCUT2D eigenvalue weighted by molar-refractivity contribution is 7.19. The van der Waals surface area contributed by atoms with Crippen LogP contribution in [-0.4, -0.2) is 58.4 Å². The zero-order chi connectivity index (χ0) is 34.1. The molecule has 0 saturated heterocycles. The number of anilines is 2. The summed E-state index contributed by atoms with van der Waals surface area (Å²) in [5.74, 6) is 1.22. The lowest BCUT2D eigenvalue weighted by Gasteiger charge is -2.21. The number of thiophene rings is 2. The van der Waals surface area contributed by atoms with Gasteiger partial charge in [-0.05, 0) is 86.8 Å². The van der Waals surface area contributed by atoms with Crippen LogP contribution < -0.4 is 10.1 Å². The molecule has 11 nitrogen and oxygen atoms in total. The Labute approximate surface area is 296 Å². The topological polar surface area (TPSA) is 138 Å². The molecule has 1 aromatic carbocycles. The quantitative estimate of drug-likeness (QED) is 0.138. The van der Waals surface area contributed by atoms with Crippen molar-refractivity contribution in [2.45, 2.75) is 58.9 Å². The summed E-state index contributed by atoms with van der Waals surface area (Å²) in [5, 5.41) is 5.98. The Morgan fingerprint density at radius 2 is 1.49 bits per heavy atom. The predicted octanol–water partition coefficient (Wildman–Crippen LogP) is 7.06. The smallest absolute Gasteiger partial charge is 0.309 e. The molecule has 0 bridgehead atoms. The number of aliphatic imine (C=N–C) groups is 1. The molecular weight excluding hydrogens is 684 g/mol. The lowest BCUT2D eigenvalue weighted by atomic mass is 9.88. The Hall–Kier alpha value is -4.20. The van der Waals surface area contributed by atoms with Crippen molar-refractivity contribution in [1.29, 1.82) is 0 Å². The fourth-order valence-electron chi connectivity index (χ4n) is 6.73. The van der Waals surface area contributed by atoms with Crippen LogP contribution in [-0.2, 0) is 51.3 Å². The van der Waals surface area contributed by atoms with E-state index in [-0.39, 0.29) is 23.8 Å². The highest BCUT2D eigenvalue weighted by atomic mass is 35.5. The Kier molecular flexibility index (Phi) is 9.75. The summed E-state index contributed by atoms with van der Waals surface area (Å²) >= 11 is 9.40. The summed E-state index contributed by atoms with van der Waals surface area (Å²) in [4.78, 5) is 49.9. The maximum atomic E-state index is 12.2. The summed E-state index contributed by atoms with van der Waals surface area (Å²) < 4.78 is 15.9.